The minimum atomic E-state index is -4.97. The average molecular weight is 449 g/mol. The lowest BCUT2D eigenvalue weighted by atomic mass is 9.84. The van der Waals surface area contributed by atoms with Crippen molar-refractivity contribution in [2.24, 2.45) is 11.8 Å². The number of carbonyl (C=O) groups excluding carboxylic acids is 1. The van der Waals surface area contributed by atoms with Gasteiger partial charge in [-0.2, -0.15) is 0 Å². The number of hydrogen-bond acceptors (Lipinski definition) is 7. The zero-order valence-corrected chi connectivity index (χ0v) is 16.6. The van der Waals surface area contributed by atoms with E-state index < -0.39 is 46.2 Å². The third-order valence-corrected chi connectivity index (χ3v) is 6.12. The molecule has 3 rings (SSSR count). The molecule has 2 fully saturated rings. The van der Waals surface area contributed by atoms with Gasteiger partial charge in [-0.15, -0.1) is 13.2 Å². The van der Waals surface area contributed by atoms with Crippen LogP contribution in [0.1, 0.15) is 36.0 Å². The molecule has 0 aromatic heterocycles. The average Bonchev–Trinajstić information content (AvgIpc) is 3.22. The Bertz CT molecular complexity index is 929. The normalized spacial score (nSPS) is 25.7. The molecule has 2 bridgehead atoms. The molecule has 0 heterocycles. The van der Waals surface area contributed by atoms with E-state index in [2.05, 4.69) is 11.3 Å². The zero-order chi connectivity index (χ0) is 22.2. The van der Waals surface area contributed by atoms with Crippen LogP contribution in [0, 0.1) is 11.8 Å². The topological polar surface area (TPSA) is 102 Å². The number of carbonyl (C=O) groups is 1. The van der Waals surface area contributed by atoms with Gasteiger partial charge in [0.05, 0.1) is 21.4 Å². The lowest BCUT2D eigenvalue weighted by Gasteiger charge is -2.36. The number of ether oxygens (including phenoxy) is 3. The molecule has 3 atom stereocenters. The molecule has 0 N–H and O–H groups in total. The fourth-order valence-electron chi connectivity index (χ4n) is 4.19. The molecule has 0 saturated heterocycles. The summed E-state index contributed by atoms with van der Waals surface area (Å²) in [4.78, 5) is 12.1. The second-order valence-electron chi connectivity index (χ2n) is 7.45. The fraction of sp³-hybridized carbons (Fsp3) is 0.526. The Kier molecular flexibility index (Phi) is 6.06. The van der Waals surface area contributed by atoms with Gasteiger partial charge in [0.1, 0.15) is 12.2 Å². The maximum Gasteiger partial charge on any atom is 0.573 e. The molecule has 2 aliphatic rings. The largest absolute Gasteiger partial charge is 0.748 e. The standard InChI is InChI=1S/C19H21F3O7S/c1-2-18(11-12-3-5-14(18)9-12)28-16-10-13(4-6-15(16)29-19(20,21)22)17(23)27-7-8-30(24,25)26/h2,4,6,10,12,14H,1,3,5,7-9,11H2,(H,24,25,26)/p-1. The third-order valence-electron chi connectivity index (χ3n) is 5.46. The van der Waals surface area contributed by atoms with E-state index in [1.165, 1.54) is 0 Å². The maximum atomic E-state index is 12.8. The lowest BCUT2D eigenvalue weighted by molar-refractivity contribution is -0.275. The summed E-state index contributed by atoms with van der Waals surface area (Å²) in [5.74, 6) is -2.36. The van der Waals surface area contributed by atoms with Crippen molar-refractivity contribution >= 4 is 16.1 Å². The van der Waals surface area contributed by atoms with E-state index in [4.69, 9.17) is 9.47 Å². The van der Waals surface area contributed by atoms with Gasteiger partial charge < -0.3 is 18.8 Å². The zero-order valence-electron chi connectivity index (χ0n) is 15.8. The van der Waals surface area contributed by atoms with Crippen molar-refractivity contribution in [1.82, 2.24) is 0 Å². The Hall–Kier alpha value is -2.27. The Morgan fingerprint density at radius 1 is 1.30 bits per heavy atom. The number of fused-ring (bicyclic) bond motifs is 2. The lowest BCUT2D eigenvalue weighted by Crippen LogP contribution is -2.39. The van der Waals surface area contributed by atoms with E-state index in [0.29, 0.717) is 12.3 Å². The van der Waals surface area contributed by atoms with Crippen LogP contribution in [-0.2, 0) is 14.9 Å². The van der Waals surface area contributed by atoms with Crippen molar-refractivity contribution in [3.63, 3.8) is 0 Å². The minimum absolute atomic E-state index is 0.0941. The number of hydrogen-bond donors (Lipinski definition) is 0. The Labute approximate surface area is 171 Å². The second-order valence-corrected chi connectivity index (χ2v) is 8.97. The molecule has 11 heteroatoms. The van der Waals surface area contributed by atoms with Gasteiger partial charge in [0.15, 0.2) is 11.5 Å². The van der Waals surface area contributed by atoms with Crippen LogP contribution >= 0.6 is 0 Å². The highest BCUT2D eigenvalue weighted by molar-refractivity contribution is 7.85. The van der Waals surface area contributed by atoms with Gasteiger partial charge >= 0.3 is 12.3 Å². The van der Waals surface area contributed by atoms with E-state index in [-0.39, 0.29) is 17.2 Å². The van der Waals surface area contributed by atoms with Gasteiger partial charge in [0.2, 0.25) is 0 Å². The molecule has 2 aliphatic carbocycles. The molecular weight excluding hydrogens is 429 g/mol. The third kappa shape index (κ3) is 5.25. The Morgan fingerprint density at radius 2 is 2.03 bits per heavy atom. The number of benzene rings is 1. The molecule has 30 heavy (non-hydrogen) atoms. The summed E-state index contributed by atoms with van der Waals surface area (Å²) in [6, 6.07) is 3.00. The highest BCUT2D eigenvalue weighted by Gasteiger charge is 2.51. The highest BCUT2D eigenvalue weighted by Crippen LogP contribution is 2.54. The monoisotopic (exact) mass is 449 g/mol. The molecule has 3 unspecified atom stereocenters. The van der Waals surface area contributed by atoms with Crippen molar-refractivity contribution in [2.75, 3.05) is 12.4 Å². The van der Waals surface area contributed by atoms with E-state index >= 15 is 0 Å². The van der Waals surface area contributed by atoms with Crippen molar-refractivity contribution in [3.8, 4) is 11.5 Å². The first-order valence-electron chi connectivity index (χ1n) is 9.24. The molecule has 1 aromatic rings. The molecule has 0 spiro atoms. The summed E-state index contributed by atoms with van der Waals surface area (Å²) in [7, 11) is -4.58. The first-order chi connectivity index (χ1) is 13.9. The molecule has 7 nitrogen and oxygen atoms in total. The van der Waals surface area contributed by atoms with Gasteiger partial charge in [0, 0.05) is 5.92 Å². The van der Waals surface area contributed by atoms with Gasteiger partial charge in [-0.1, -0.05) is 6.58 Å². The van der Waals surface area contributed by atoms with Crippen molar-refractivity contribution in [3.05, 3.63) is 36.4 Å². The summed E-state index contributed by atoms with van der Waals surface area (Å²) in [5.41, 5.74) is -1.05. The van der Waals surface area contributed by atoms with E-state index in [1.807, 2.05) is 0 Å². The SMILES string of the molecule is C=CC1(Oc2cc(C(=O)OCCS(=O)(=O)[O-])ccc2OC(F)(F)F)CC2CCC1C2. The second kappa shape index (κ2) is 8.10. The fourth-order valence-corrected chi connectivity index (χ4v) is 4.47. The number of rotatable bonds is 8. The first kappa shape index (κ1) is 22.4. The molecule has 2 saturated carbocycles. The van der Waals surface area contributed by atoms with Crippen molar-refractivity contribution in [2.45, 2.75) is 37.6 Å². The smallest absolute Gasteiger partial charge is 0.573 e. The minimum Gasteiger partial charge on any atom is -0.748 e. The molecule has 0 radical (unpaired) electrons. The van der Waals surface area contributed by atoms with E-state index in [1.54, 1.807) is 6.08 Å². The van der Waals surface area contributed by atoms with Crippen LogP contribution in [-0.4, -0.2) is 43.3 Å². The van der Waals surface area contributed by atoms with E-state index in [0.717, 1.165) is 37.5 Å². The van der Waals surface area contributed by atoms with Gasteiger partial charge in [-0.05, 0) is 55.9 Å². The maximum absolute atomic E-state index is 12.8. The summed E-state index contributed by atoms with van der Waals surface area (Å²) in [5, 5.41) is 0. The van der Waals surface area contributed by atoms with Crippen LogP contribution in [0.2, 0.25) is 0 Å². The van der Waals surface area contributed by atoms with Crippen LogP contribution in [0.5, 0.6) is 11.5 Å². The summed E-state index contributed by atoms with van der Waals surface area (Å²) in [6.45, 7) is 3.11. The van der Waals surface area contributed by atoms with Gasteiger partial charge in [-0.25, -0.2) is 13.2 Å². The van der Waals surface area contributed by atoms with Crippen molar-refractivity contribution in [1.29, 1.82) is 0 Å². The summed E-state index contributed by atoms with van der Waals surface area (Å²) < 4.78 is 85.0. The summed E-state index contributed by atoms with van der Waals surface area (Å²) >= 11 is 0. The molecule has 1 aromatic carbocycles. The van der Waals surface area contributed by atoms with Gasteiger partial charge in [-0.3, -0.25) is 0 Å². The number of esters is 1. The van der Waals surface area contributed by atoms with E-state index in [9.17, 15) is 30.9 Å². The molecular formula is C19H20F3O7S-. The predicted molar refractivity (Wildman–Crippen MR) is 97.0 cm³/mol. The highest BCUT2D eigenvalue weighted by atomic mass is 32.2. The Balaban J connectivity index is 1.85. The first-order valence-corrected chi connectivity index (χ1v) is 10.8. The van der Waals surface area contributed by atoms with Crippen LogP contribution in [0.15, 0.2) is 30.9 Å². The van der Waals surface area contributed by atoms with Gasteiger partial charge in [0.25, 0.3) is 0 Å². The number of alkyl halides is 3. The number of halogens is 3. The quantitative estimate of drug-likeness (QED) is 0.340. The van der Waals surface area contributed by atoms with Crippen LogP contribution in [0.4, 0.5) is 13.2 Å². The summed E-state index contributed by atoms with van der Waals surface area (Å²) in [6.07, 6.45) is -0.0332. The predicted octanol–water partition coefficient (Wildman–Crippen LogP) is 3.41. The van der Waals surface area contributed by atoms with Crippen LogP contribution in [0.3, 0.4) is 0 Å². The van der Waals surface area contributed by atoms with Crippen LogP contribution < -0.4 is 9.47 Å². The molecule has 0 aliphatic heterocycles. The molecule has 0 amide bonds. The van der Waals surface area contributed by atoms with Crippen LogP contribution in [0.25, 0.3) is 0 Å². The molecule has 166 valence electrons. The van der Waals surface area contributed by atoms with Crippen molar-refractivity contribution < 1.29 is 45.1 Å². The Morgan fingerprint density at radius 3 is 2.57 bits per heavy atom.